The lowest BCUT2D eigenvalue weighted by Gasteiger charge is -2.26. The van der Waals surface area contributed by atoms with Crippen LogP contribution in [0.1, 0.15) is 115 Å². The van der Waals surface area contributed by atoms with Crippen LogP contribution in [0.25, 0.3) is 0 Å². The van der Waals surface area contributed by atoms with E-state index < -0.39 is 0 Å². The van der Waals surface area contributed by atoms with Gasteiger partial charge in [0.2, 0.25) is 0 Å². The zero-order valence-electron chi connectivity index (χ0n) is 21.9. The molecule has 3 unspecified atom stereocenters. The average Bonchev–Trinajstić information content (AvgIpc) is 3.57. The van der Waals surface area contributed by atoms with Crippen LogP contribution in [-0.2, 0) is 33.5 Å². The number of hydrogen-bond donors (Lipinski definition) is 1. The molecule has 3 atom stereocenters. The van der Waals surface area contributed by atoms with Crippen LogP contribution in [0, 0.1) is 0 Å². The first-order valence-corrected chi connectivity index (χ1v) is 14.3. The van der Waals surface area contributed by atoms with Crippen molar-refractivity contribution in [3.8, 4) is 5.75 Å². The third-order valence-corrected chi connectivity index (χ3v) is 8.17. The van der Waals surface area contributed by atoms with Gasteiger partial charge in [-0.25, -0.2) is 0 Å². The van der Waals surface area contributed by atoms with Gasteiger partial charge in [0.05, 0.1) is 36.6 Å². The molecule has 192 valence electrons. The summed E-state index contributed by atoms with van der Waals surface area (Å²) in [7, 11) is 0. The summed E-state index contributed by atoms with van der Waals surface area (Å²) in [6.07, 6.45) is 18.9. The molecule has 3 fully saturated rings. The molecule has 1 aromatic carbocycles. The van der Waals surface area contributed by atoms with Crippen molar-refractivity contribution in [3.05, 3.63) is 28.8 Å². The van der Waals surface area contributed by atoms with Crippen molar-refractivity contribution < 1.29 is 19.3 Å². The minimum Gasteiger partial charge on any atom is -0.508 e. The number of hydrogen-bond acceptors (Lipinski definition) is 4. The highest BCUT2D eigenvalue weighted by molar-refractivity contribution is 5.45. The SMILES string of the molecule is CC(Cc1ccc(O)c(CC(C)OC2CCCC2)c1CC(C)OC1CCCC1)OC1CCCC1. The number of phenols is 1. The van der Waals surface area contributed by atoms with Crippen LogP contribution >= 0.6 is 0 Å². The Bertz CT molecular complexity index is 744. The van der Waals surface area contributed by atoms with E-state index in [1.165, 1.54) is 88.2 Å². The van der Waals surface area contributed by atoms with Crippen molar-refractivity contribution in [3.63, 3.8) is 0 Å². The topological polar surface area (TPSA) is 47.9 Å². The molecule has 3 aliphatic rings. The normalized spacial score (nSPS) is 23.0. The molecule has 34 heavy (non-hydrogen) atoms. The Hall–Kier alpha value is -1.10. The van der Waals surface area contributed by atoms with E-state index in [-0.39, 0.29) is 18.3 Å². The summed E-state index contributed by atoms with van der Waals surface area (Å²) in [5, 5.41) is 11.0. The van der Waals surface area contributed by atoms with Gasteiger partial charge in [-0.1, -0.05) is 44.6 Å². The van der Waals surface area contributed by atoms with Gasteiger partial charge in [0.25, 0.3) is 0 Å². The Morgan fingerprint density at radius 2 is 1.00 bits per heavy atom. The highest BCUT2D eigenvalue weighted by atomic mass is 16.5. The zero-order chi connectivity index (χ0) is 23.9. The summed E-state index contributed by atoms with van der Waals surface area (Å²) < 4.78 is 19.2. The van der Waals surface area contributed by atoms with Crippen molar-refractivity contribution in [2.45, 2.75) is 154 Å². The van der Waals surface area contributed by atoms with E-state index in [4.69, 9.17) is 14.2 Å². The monoisotopic (exact) mass is 472 g/mol. The molecule has 0 aliphatic heterocycles. The number of phenolic OH excluding ortho intramolecular Hbond substituents is 1. The molecule has 0 spiro atoms. The van der Waals surface area contributed by atoms with Gasteiger partial charge in [-0.15, -0.1) is 0 Å². The lowest BCUT2D eigenvalue weighted by Crippen LogP contribution is -2.24. The minimum atomic E-state index is 0.0984. The summed E-state index contributed by atoms with van der Waals surface area (Å²) in [6, 6.07) is 4.01. The van der Waals surface area contributed by atoms with Gasteiger partial charge >= 0.3 is 0 Å². The molecule has 1 aromatic rings. The van der Waals surface area contributed by atoms with Crippen LogP contribution < -0.4 is 0 Å². The van der Waals surface area contributed by atoms with Crippen LogP contribution in [0.3, 0.4) is 0 Å². The molecular formula is C30H48O4. The van der Waals surface area contributed by atoms with E-state index in [9.17, 15) is 5.11 Å². The van der Waals surface area contributed by atoms with Crippen molar-refractivity contribution in [2.24, 2.45) is 0 Å². The predicted octanol–water partition coefficient (Wildman–Crippen LogP) is 7.06. The molecule has 3 saturated carbocycles. The molecule has 4 rings (SSSR count). The van der Waals surface area contributed by atoms with Gasteiger partial charge in [-0.3, -0.25) is 0 Å². The minimum absolute atomic E-state index is 0.0984. The largest absolute Gasteiger partial charge is 0.508 e. The first kappa shape index (κ1) is 26.0. The standard InChI is InChI=1S/C30H48O4/c1-21(32-25-10-4-5-11-25)18-24-16-17-30(31)29(20-23(3)34-27-14-8-9-15-27)28(24)19-22(2)33-26-12-6-7-13-26/h16-17,21-23,25-27,31H,4-15,18-20H2,1-3H3. The van der Waals surface area contributed by atoms with Crippen LogP contribution in [-0.4, -0.2) is 41.7 Å². The molecule has 0 amide bonds. The van der Waals surface area contributed by atoms with Gasteiger partial charge in [0.15, 0.2) is 0 Å². The summed E-state index contributed by atoms with van der Waals surface area (Å²) in [5.74, 6) is 0.401. The van der Waals surface area contributed by atoms with E-state index in [1.54, 1.807) is 0 Å². The van der Waals surface area contributed by atoms with Crippen LogP contribution in [0.4, 0.5) is 0 Å². The maximum Gasteiger partial charge on any atom is 0.119 e. The Morgan fingerprint density at radius 1 is 0.618 bits per heavy atom. The Morgan fingerprint density at radius 3 is 1.44 bits per heavy atom. The number of rotatable bonds is 12. The molecule has 4 heteroatoms. The fraction of sp³-hybridized carbons (Fsp3) is 0.800. The third kappa shape index (κ3) is 7.45. The lowest BCUT2D eigenvalue weighted by atomic mass is 9.89. The summed E-state index contributed by atoms with van der Waals surface area (Å²) in [6.45, 7) is 6.57. The predicted molar refractivity (Wildman–Crippen MR) is 138 cm³/mol. The molecule has 0 radical (unpaired) electrons. The van der Waals surface area contributed by atoms with Gasteiger partial charge in [-0.05, 0) is 94.9 Å². The van der Waals surface area contributed by atoms with E-state index in [2.05, 4.69) is 26.8 Å². The highest BCUT2D eigenvalue weighted by Crippen LogP contribution is 2.32. The lowest BCUT2D eigenvalue weighted by molar-refractivity contribution is -0.00187. The average molecular weight is 473 g/mol. The molecule has 0 bridgehead atoms. The summed E-state index contributed by atoms with van der Waals surface area (Å²) in [5.41, 5.74) is 3.61. The highest BCUT2D eigenvalue weighted by Gasteiger charge is 2.25. The van der Waals surface area contributed by atoms with Crippen molar-refractivity contribution in [1.82, 2.24) is 0 Å². The molecule has 1 N–H and O–H groups in total. The van der Waals surface area contributed by atoms with Crippen LogP contribution in [0.2, 0.25) is 0 Å². The van der Waals surface area contributed by atoms with Crippen molar-refractivity contribution >= 4 is 0 Å². The van der Waals surface area contributed by atoms with Gasteiger partial charge in [0, 0.05) is 6.42 Å². The fourth-order valence-electron chi connectivity index (χ4n) is 6.49. The van der Waals surface area contributed by atoms with Gasteiger partial charge in [0.1, 0.15) is 5.75 Å². The first-order valence-electron chi connectivity index (χ1n) is 14.3. The van der Waals surface area contributed by atoms with Crippen molar-refractivity contribution in [2.75, 3.05) is 0 Å². The van der Waals surface area contributed by atoms with Crippen molar-refractivity contribution in [1.29, 1.82) is 0 Å². The van der Waals surface area contributed by atoms with E-state index >= 15 is 0 Å². The maximum atomic E-state index is 11.0. The van der Waals surface area contributed by atoms with E-state index in [1.807, 2.05) is 6.07 Å². The smallest absolute Gasteiger partial charge is 0.119 e. The fourth-order valence-corrected chi connectivity index (χ4v) is 6.49. The second-order valence-electron chi connectivity index (χ2n) is 11.4. The number of benzene rings is 1. The van der Waals surface area contributed by atoms with Gasteiger partial charge in [-0.2, -0.15) is 0 Å². The molecule has 0 saturated heterocycles. The van der Waals surface area contributed by atoms with Crippen LogP contribution in [0.5, 0.6) is 5.75 Å². The molecular weight excluding hydrogens is 424 g/mol. The molecule has 0 heterocycles. The van der Waals surface area contributed by atoms with E-state index in [0.717, 1.165) is 24.8 Å². The molecule has 4 nitrogen and oxygen atoms in total. The third-order valence-electron chi connectivity index (χ3n) is 8.17. The van der Waals surface area contributed by atoms with Gasteiger partial charge < -0.3 is 19.3 Å². The Labute approximate surface area is 207 Å². The second kappa shape index (κ2) is 12.7. The summed E-state index contributed by atoms with van der Waals surface area (Å²) in [4.78, 5) is 0. The number of ether oxygens (including phenoxy) is 3. The maximum absolute atomic E-state index is 11.0. The first-order chi connectivity index (χ1) is 16.5. The Balaban J connectivity index is 1.49. The second-order valence-corrected chi connectivity index (χ2v) is 11.4. The Kier molecular flexibility index (Phi) is 9.73. The quantitative estimate of drug-likeness (QED) is 0.354. The number of aromatic hydroxyl groups is 1. The van der Waals surface area contributed by atoms with E-state index in [0.29, 0.717) is 24.1 Å². The van der Waals surface area contributed by atoms with Crippen LogP contribution in [0.15, 0.2) is 12.1 Å². The molecule has 0 aromatic heterocycles. The molecule has 3 aliphatic carbocycles. The summed E-state index contributed by atoms with van der Waals surface area (Å²) >= 11 is 0. The zero-order valence-corrected chi connectivity index (χ0v) is 21.9.